The summed E-state index contributed by atoms with van der Waals surface area (Å²) in [7, 11) is -3.14. The van der Waals surface area contributed by atoms with Crippen LogP contribution in [0.3, 0.4) is 0 Å². The summed E-state index contributed by atoms with van der Waals surface area (Å²) in [6, 6.07) is 10.8. The van der Waals surface area contributed by atoms with Crippen molar-refractivity contribution in [3.63, 3.8) is 0 Å². The minimum atomic E-state index is -3.14. The van der Waals surface area contributed by atoms with Crippen LogP contribution in [0.5, 0.6) is 0 Å². The highest BCUT2D eigenvalue weighted by molar-refractivity contribution is 7.90. The summed E-state index contributed by atoms with van der Waals surface area (Å²) in [5, 5.41) is 0. The molecule has 0 saturated heterocycles. The molecule has 0 aliphatic rings. The molecule has 0 aliphatic carbocycles. The SMILES string of the molecule is Cc1cc(C)nc(-c2ccc(S(C)(=O)=O)cc2)c1. The maximum atomic E-state index is 11.4. The van der Waals surface area contributed by atoms with Crippen molar-refractivity contribution in [1.29, 1.82) is 0 Å². The van der Waals surface area contributed by atoms with E-state index in [4.69, 9.17) is 0 Å². The van der Waals surface area contributed by atoms with Crippen LogP contribution in [-0.2, 0) is 9.84 Å². The number of rotatable bonds is 2. The molecule has 0 N–H and O–H groups in total. The Bertz CT molecular complexity index is 653. The number of hydrogen-bond donors (Lipinski definition) is 0. The van der Waals surface area contributed by atoms with Gasteiger partial charge in [-0.1, -0.05) is 12.1 Å². The zero-order chi connectivity index (χ0) is 13.3. The molecule has 0 aliphatic heterocycles. The number of benzene rings is 1. The molecule has 1 heterocycles. The van der Waals surface area contributed by atoms with E-state index in [2.05, 4.69) is 4.98 Å². The van der Waals surface area contributed by atoms with Gasteiger partial charge in [0.2, 0.25) is 0 Å². The first kappa shape index (κ1) is 12.8. The van der Waals surface area contributed by atoms with Gasteiger partial charge in [0.05, 0.1) is 10.6 Å². The lowest BCUT2D eigenvalue weighted by Gasteiger charge is -2.05. The lowest BCUT2D eigenvalue weighted by atomic mass is 10.1. The standard InChI is InChI=1S/C14H15NO2S/c1-10-8-11(2)15-14(9-10)12-4-6-13(7-5-12)18(3,16)17/h4-9H,1-3H3. The molecule has 4 heteroatoms. The molecule has 18 heavy (non-hydrogen) atoms. The Morgan fingerprint density at radius 1 is 1.00 bits per heavy atom. The van der Waals surface area contributed by atoms with Crippen LogP contribution >= 0.6 is 0 Å². The van der Waals surface area contributed by atoms with Crippen molar-refractivity contribution in [2.24, 2.45) is 0 Å². The molecular weight excluding hydrogens is 246 g/mol. The third-order valence-electron chi connectivity index (χ3n) is 2.68. The average molecular weight is 261 g/mol. The quantitative estimate of drug-likeness (QED) is 0.835. The van der Waals surface area contributed by atoms with Crippen molar-refractivity contribution in [3.05, 3.63) is 47.7 Å². The topological polar surface area (TPSA) is 47.0 Å². The van der Waals surface area contributed by atoms with Crippen molar-refractivity contribution < 1.29 is 8.42 Å². The zero-order valence-corrected chi connectivity index (χ0v) is 11.5. The van der Waals surface area contributed by atoms with Crippen LogP contribution in [-0.4, -0.2) is 19.7 Å². The maximum absolute atomic E-state index is 11.4. The number of aryl methyl sites for hydroxylation is 2. The van der Waals surface area contributed by atoms with Gasteiger partial charge in [-0.05, 0) is 43.7 Å². The summed E-state index contributed by atoms with van der Waals surface area (Å²) in [5.74, 6) is 0. The summed E-state index contributed by atoms with van der Waals surface area (Å²) in [5.41, 5.74) is 3.89. The van der Waals surface area contributed by atoms with E-state index in [1.807, 2.05) is 26.0 Å². The second kappa shape index (κ2) is 4.53. The molecule has 2 aromatic rings. The van der Waals surface area contributed by atoms with Crippen molar-refractivity contribution >= 4 is 9.84 Å². The summed E-state index contributed by atoms with van der Waals surface area (Å²) in [6.07, 6.45) is 1.21. The van der Waals surface area contributed by atoms with Gasteiger partial charge >= 0.3 is 0 Å². The molecule has 1 aromatic carbocycles. The Morgan fingerprint density at radius 2 is 1.61 bits per heavy atom. The second-order valence-electron chi connectivity index (χ2n) is 4.47. The molecule has 0 fully saturated rings. The molecule has 0 bridgehead atoms. The molecule has 94 valence electrons. The van der Waals surface area contributed by atoms with E-state index < -0.39 is 9.84 Å². The van der Waals surface area contributed by atoms with Crippen LogP contribution in [0.15, 0.2) is 41.3 Å². The molecule has 0 unspecified atom stereocenters. The minimum absolute atomic E-state index is 0.329. The normalized spacial score (nSPS) is 11.5. The Balaban J connectivity index is 2.46. The van der Waals surface area contributed by atoms with Gasteiger partial charge in [0.15, 0.2) is 9.84 Å². The monoisotopic (exact) mass is 261 g/mol. The second-order valence-corrected chi connectivity index (χ2v) is 6.48. The van der Waals surface area contributed by atoms with Crippen molar-refractivity contribution in [2.75, 3.05) is 6.26 Å². The van der Waals surface area contributed by atoms with E-state index in [0.29, 0.717) is 4.90 Å². The highest BCUT2D eigenvalue weighted by Gasteiger charge is 2.07. The molecule has 3 nitrogen and oxygen atoms in total. The fourth-order valence-corrected chi connectivity index (χ4v) is 2.49. The van der Waals surface area contributed by atoms with Crippen LogP contribution < -0.4 is 0 Å². The Hall–Kier alpha value is -1.68. The third kappa shape index (κ3) is 2.76. The van der Waals surface area contributed by atoms with Gasteiger partial charge in [0, 0.05) is 17.5 Å². The van der Waals surface area contributed by atoms with Gasteiger partial charge in [0.1, 0.15) is 0 Å². The first-order chi connectivity index (χ1) is 8.36. The molecule has 0 saturated carbocycles. The molecule has 0 atom stereocenters. The molecule has 0 radical (unpaired) electrons. The summed E-state index contributed by atoms with van der Waals surface area (Å²) >= 11 is 0. The van der Waals surface area contributed by atoms with Crippen LogP contribution in [0, 0.1) is 13.8 Å². The number of nitrogens with zero attached hydrogens (tertiary/aromatic N) is 1. The highest BCUT2D eigenvalue weighted by atomic mass is 32.2. The van der Waals surface area contributed by atoms with E-state index in [9.17, 15) is 8.42 Å². The lowest BCUT2D eigenvalue weighted by molar-refractivity contribution is 0.602. The third-order valence-corrected chi connectivity index (χ3v) is 3.80. The highest BCUT2D eigenvalue weighted by Crippen LogP contribution is 2.21. The summed E-state index contributed by atoms with van der Waals surface area (Å²) < 4.78 is 22.7. The van der Waals surface area contributed by atoms with E-state index >= 15 is 0 Å². The van der Waals surface area contributed by atoms with Crippen LogP contribution in [0.4, 0.5) is 0 Å². The molecular formula is C14H15NO2S. The molecule has 0 amide bonds. The lowest BCUT2D eigenvalue weighted by Crippen LogP contribution is -1.96. The Labute approximate surface area is 107 Å². The molecule has 2 rings (SSSR count). The van der Waals surface area contributed by atoms with Crippen molar-refractivity contribution in [2.45, 2.75) is 18.7 Å². The Morgan fingerprint density at radius 3 is 2.11 bits per heavy atom. The van der Waals surface area contributed by atoms with Crippen LogP contribution in [0.2, 0.25) is 0 Å². The fraction of sp³-hybridized carbons (Fsp3) is 0.214. The smallest absolute Gasteiger partial charge is 0.175 e. The van der Waals surface area contributed by atoms with Crippen molar-refractivity contribution in [1.82, 2.24) is 4.98 Å². The maximum Gasteiger partial charge on any atom is 0.175 e. The molecule has 1 aromatic heterocycles. The average Bonchev–Trinajstić information content (AvgIpc) is 2.27. The predicted molar refractivity (Wildman–Crippen MR) is 72.3 cm³/mol. The first-order valence-corrected chi connectivity index (χ1v) is 7.51. The largest absolute Gasteiger partial charge is 0.253 e. The van der Waals surface area contributed by atoms with Gasteiger partial charge in [-0.15, -0.1) is 0 Å². The van der Waals surface area contributed by atoms with Gasteiger partial charge in [-0.25, -0.2) is 8.42 Å². The predicted octanol–water partition coefficient (Wildman–Crippen LogP) is 2.77. The van der Waals surface area contributed by atoms with E-state index in [-0.39, 0.29) is 0 Å². The van der Waals surface area contributed by atoms with Crippen LogP contribution in [0.25, 0.3) is 11.3 Å². The first-order valence-electron chi connectivity index (χ1n) is 5.62. The van der Waals surface area contributed by atoms with E-state index in [1.165, 1.54) is 6.26 Å². The summed E-state index contributed by atoms with van der Waals surface area (Å²) in [6.45, 7) is 3.96. The van der Waals surface area contributed by atoms with Gasteiger partial charge in [0.25, 0.3) is 0 Å². The van der Waals surface area contributed by atoms with E-state index in [1.54, 1.807) is 24.3 Å². The summed E-state index contributed by atoms with van der Waals surface area (Å²) in [4.78, 5) is 4.78. The van der Waals surface area contributed by atoms with Gasteiger partial charge < -0.3 is 0 Å². The van der Waals surface area contributed by atoms with Crippen LogP contribution in [0.1, 0.15) is 11.3 Å². The van der Waals surface area contributed by atoms with Crippen molar-refractivity contribution in [3.8, 4) is 11.3 Å². The fourth-order valence-electron chi connectivity index (χ4n) is 1.86. The number of aromatic nitrogens is 1. The van der Waals surface area contributed by atoms with E-state index in [0.717, 1.165) is 22.5 Å². The number of pyridine rings is 1. The minimum Gasteiger partial charge on any atom is -0.253 e. The number of hydrogen-bond acceptors (Lipinski definition) is 3. The van der Waals surface area contributed by atoms with Gasteiger partial charge in [-0.3, -0.25) is 4.98 Å². The van der Waals surface area contributed by atoms with Gasteiger partial charge in [-0.2, -0.15) is 0 Å². The zero-order valence-electron chi connectivity index (χ0n) is 10.6. The molecule has 0 spiro atoms. The Kier molecular flexibility index (Phi) is 3.22. The number of sulfone groups is 1.